The number of nitrogen functional groups attached to an aromatic ring is 1. The van der Waals surface area contributed by atoms with Crippen LogP contribution in [0.3, 0.4) is 0 Å². The first-order chi connectivity index (χ1) is 10.0. The Kier molecular flexibility index (Phi) is 3.45. The highest BCUT2D eigenvalue weighted by molar-refractivity contribution is 7.92. The van der Waals surface area contributed by atoms with Crippen molar-refractivity contribution < 1.29 is 8.42 Å². The van der Waals surface area contributed by atoms with E-state index in [1.165, 1.54) is 28.0 Å². The number of fused-ring (bicyclic) bond motifs is 1. The number of hydrogen-bond donors (Lipinski definition) is 3. The molecule has 0 saturated heterocycles. The molecule has 0 radical (unpaired) electrons. The molecule has 3 rings (SSSR count). The van der Waals surface area contributed by atoms with Gasteiger partial charge in [0.05, 0.1) is 5.02 Å². The van der Waals surface area contributed by atoms with E-state index in [-0.39, 0.29) is 21.7 Å². The normalized spacial score (nSPS) is 11.7. The smallest absolute Gasteiger partial charge is 0.283 e. The minimum atomic E-state index is -3.96. The summed E-state index contributed by atoms with van der Waals surface area (Å²) in [6, 6.07) is 3.13. The predicted molar refractivity (Wildman–Crippen MR) is 80.9 cm³/mol. The van der Waals surface area contributed by atoms with Gasteiger partial charge in [0.2, 0.25) is 5.03 Å². The third kappa shape index (κ3) is 2.42. The highest BCUT2D eigenvalue weighted by Crippen LogP contribution is 2.28. The zero-order valence-corrected chi connectivity index (χ0v) is 12.7. The maximum Gasteiger partial charge on any atom is 0.283 e. The lowest BCUT2D eigenvalue weighted by molar-refractivity contribution is 0.597. The van der Waals surface area contributed by atoms with Gasteiger partial charge in [0, 0.05) is 17.8 Å². The Labute approximate surface area is 128 Å². The lowest BCUT2D eigenvalue weighted by Crippen LogP contribution is -2.19. The van der Waals surface area contributed by atoms with Crippen molar-refractivity contribution in [3.05, 3.63) is 34.9 Å². The number of halogens is 1. The second kappa shape index (κ2) is 5.15. The van der Waals surface area contributed by atoms with Gasteiger partial charge in [-0.25, -0.2) is 10.8 Å². The molecule has 0 fully saturated rings. The van der Waals surface area contributed by atoms with Gasteiger partial charge in [-0.1, -0.05) is 11.6 Å². The number of imidazole rings is 1. The molecule has 0 aromatic carbocycles. The number of pyridine rings is 1. The van der Waals surface area contributed by atoms with Crippen molar-refractivity contribution in [2.75, 3.05) is 10.1 Å². The lowest BCUT2D eigenvalue weighted by Gasteiger charge is -2.08. The maximum absolute atomic E-state index is 12.5. The SMILES string of the molecule is NNc1nc2sccn2c1S(=O)(=O)Nc1ncccc1Cl. The van der Waals surface area contributed by atoms with E-state index in [1.54, 1.807) is 17.6 Å². The van der Waals surface area contributed by atoms with Crippen molar-refractivity contribution in [3.63, 3.8) is 0 Å². The molecule has 11 heteroatoms. The van der Waals surface area contributed by atoms with Crippen LogP contribution in [-0.2, 0) is 10.0 Å². The second-order valence-corrected chi connectivity index (χ2v) is 6.78. The number of nitrogens with one attached hydrogen (secondary N) is 2. The summed E-state index contributed by atoms with van der Waals surface area (Å²) in [6.07, 6.45) is 3.02. The van der Waals surface area contributed by atoms with E-state index in [9.17, 15) is 8.42 Å². The highest BCUT2D eigenvalue weighted by Gasteiger charge is 2.26. The summed E-state index contributed by atoms with van der Waals surface area (Å²) in [6.45, 7) is 0. The van der Waals surface area contributed by atoms with Crippen LogP contribution in [0.2, 0.25) is 5.02 Å². The average molecular weight is 345 g/mol. The predicted octanol–water partition coefficient (Wildman–Crippen LogP) is 1.53. The van der Waals surface area contributed by atoms with Gasteiger partial charge < -0.3 is 5.43 Å². The Morgan fingerprint density at radius 3 is 2.90 bits per heavy atom. The van der Waals surface area contributed by atoms with Crippen LogP contribution in [0.5, 0.6) is 0 Å². The van der Waals surface area contributed by atoms with Crippen molar-refractivity contribution in [3.8, 4) is 0 Å². The largest absolute Gasteiger partial charge is 0.306 e. The van der Waals surface area contributed by atoms with Crippen LogP contribution in [0.1, 0.15) is 0 Å². The molecule has 0 unspecified atom stereocenters. The van der Waals surface area contributed by atoms with Crippen molar-refractivity contribution in [1.82, 2.24) is 14.4 Å². The topological polar surface area (TPSA) is 114 Å². The van der Waals surface area contributed by atoms with E-state index < -0.39 is 10.0 Å². The summed E-state index contributed by atoms with van der Waals surface area (Å²) in [7, 11) is -3.96. The summed E-state index contributed by atoms with van der Waals surface area (Å²) in [5.74, 6) is 5.42. The van der Waals surface area contributed by atoms with Crippen LogP contribution >= 0.6 is 22.9 Å². The quantitative estimate of drug-likeness (QED) is 0.488. The Balaban J connectivity index is 2.12. The van der Waals surface area contributed by atoms with Crippen molar-refractivity contribution >= 4 is 49.6 Å². The summed E-state index contributed by atoms with van der Waals surface area (Å²) in [5.41, 5.74) is 2.28. The summed E-state index contributed by atoms with van der Waals surface area (Å²) < 4.78 is 28.8. The van der Waals surface area contributed by atoms with E-state index in [4.69, 9.17) is 17.4 Å². The van der Waals surface area contributed by atoms with Gasteiger partial charge in [-0.3, -0.25) is 9.12 Å². The van der Waals surface area contributed by atoms with Gasteiger partial charge >= 0.3 is 0 Å². The first kappa shape index (κ1) is 14.1. The zero-order chi connectivity index (χ0) is 15.0. The molecule has 0 aliphatic rings. The highest BCUT2D eigenvalue weighted by atomic mass is 35.5. The number of hydrazine groups is 1. The summed E-state index contributed by atoms with van der Waals surface area (Å²) in [4.78, 5) is 8.49. The van der Waals surface area contributed by atoms with Gasteiger partial charge in [0.15, 0.2) is 16.6 Å². The number of sulfonamides is 1. The fraction of sp³-hybridized carbons (Fsp3) is 0. The molecule has 3 aromatic rings. The molecule has 4 N–H and O–H groups in total. The van der Waals surface area contributed by atoms with Crippen LogP contribution in [0.4, 0.5) is 11.6 Å². The van der Waals surface area contributed by atoms with E-state index in [0.717, 1.165) is 0 Å². The Hall–Kier alpha value is -1.88. The van der Waals surface area contributed by atoms with E-state index in [0.29, 0.717) is 4.96 Å². The summed E-state index contributed by atoms with van der Waals surface area (Å²) >= 11 is 7.20. The third-order valence-electron chi connectivity index (χ3n) is 2.60. The van der Waals surface area contributed by atoms with Gasteiger partial charge in [-0.05, 0) is 12.1 Å². The van der Waals surface area contributed by atoms with Crippen LogP contribution in [0.25, 0.3) is 4.96 Å². The zero-order valence-electron chi connectivity index (χ0n) is 10.3. The molecule has 110 valence electrons. The van der Waals surface area contributed by atoms with Crippen LogP contribution < -0.4 is 16.0 Å². The molecule has 8 nitrogen and oxygen atoms in total. The number of rotatable bonds is 4. The molecule has 21 heavy (non-hydrogen) atoms. The van der Waals surface area contributed by atoms with Crippen molar-refractivity contribution in [1.29, 1.82) is 0 Å². The molecule has 0 amide bonds. The number of aromatic nitrogens is 3. The molecule has 0 bridgehead atoms. The van der Waals surface area contributed by atoms with E-state index in [2.05, 4.69) is 20.1 Å². The number of nitrogens with zero attached hydrogens (tertiary/aromatic N) is 3. The first-order valence-corrected chi connectivity index (χ1v) is 8.32. The first-order valence-electron chi connectivity index (χ1n) is 5.58. The van der Waals surface area contributed by atoms with Crippen LogP contribution in [0.15, 0.2) is 34.9 Å². The Morgan fingerprint density at radius 1 is 1.38 bits per heavy atom. The average Bonchev–Trinajstić information content (AvgIpc) is 3.00. The molecule has 0 aliphatic heterocycles. The molecular formula is C10H9ClN6O2S2. The van der Waals surface area contributed by atoms with Gasteiger partial charge in [0.25, 0.3) is 10.0 Å². The number of hydrogen-bond acceptors (Lipinski definition) is 7. The standard InChI is InChI=1S/C10H9ClN6O2S2/c11-6-2-1-3-13-7(6)16-21(18,19)9-8(15-12)14-10-17(9)4-5-20-10/h1-5,15H,12H2,(H,13,16). The minimum absolute atomic E-state index is 0.0346. The van der Waals surface area contributed by atoms with Crippen molar-refractivity contribution in [2.45, 2.75) is 5.03 Å². The lowest BCUT2D eigenvalue weighted by atomic mass is 10.5. The number of nitrogens with two attached hydrogens (primary N) is 1. The van der Waals surface area contributed by atoms with Gasteiger partial charge in [0.1, 0.15) is 0 Å². The van der Waals surface area contributed by atoms with Crippen LogP contribution in [0, 0.1) is 0 Å². The Morgan fingerprint density at radius 2 is 2.19 bits per heavy atom. The Bertz CT molecular complexity index is 903. The number of thiazole rings is 1. The molecule has 0 saturated carbocycles. The van der Waals surface area contributed by atoms with E-state index in [1.807, 2.05) is 0 Å². The molecule has 0 aliphatic carbocycles. The monoisotopic (exact) mass is 344 g/mol. The fourth-order valence-electron chi connectivity index (χ4n) is 1.75. The van der Waals surface area contributed by atoms with Crippen LogP contribution in [-0.4, -0.2) is 22.8 Å². The second-order valence-electron chi connectivity index (χ2n) is 3.90. The van der Waals surface area contributed by atoms with Crippen molar-refractivity contribution in [2.24, 2.45) is 5.84 Å². The maximum atomic E-state index is 12.5. The molecule has 3 heterocycles. The van der Waals surface area contributed by atoms with Gasteiger partial charge in [-0.15, -0.1) is 11.3 Å². The fourth-order valence-corrected chi connectivity index (χ4v) is 4.03. The molecule has 0 spiro atoms. The molecular weight excluding hydrogens is 336 g/mol. The minimum Gasteiger partial charge on any atom is -0.306 e. The van der Waals surface area contributed by atoms with E-state index >= 15 is 0 Å². The number of anilines is 2. The molecule has 0 atom stereocenters. The third-order valence-corrected chi connectivity index (χ3v) is 5.02. The summed E-state index contributed by atoms with van der Waals surface area (Å²) in [5, 5.41) is 1.80. The molecule has 3 aromatic heterocycles. The van der Waals surface area contributed by atoms with Gasteiger partial charge in [-0.2, -0.15) is 13.4 Å².